The quantitative estimate of drug-likeness (QED) is 0.179. The van der Waals surface area contributed by atoms with Crippen LogP contribution in [0.2, 0.25) is 0 Å². The standard InChI is InChI=1S/C29H27NO5S2/c1-2-33-27(31)19-30-28(32)26(37-29(30)36)18-23-13-14-24(34-16-15-21-9-5-3-6-10-21)25(17-23)35-20-22-11-7-4-8-12-22/h3-14,17-18H,2,15-16,19-20H2,1H3. The van der Waals surface area contributed by atoms with Crippen molar-refractivity contribution in [1.29, 1.82) is 0 Å². The zero-order valence-electron chi connectivity index (χ0n) is 20.4. The number of hydrogen-bond acceptors (Lipinski definition) is 7. The molecule has 1 heterocycles. The number of thiocarbonyl (C=S) groups is 1. The minimum atomic E-state index is -0.492. The molecule has 0 saturated carbocycles. The van der Waals surface area contributed by atoms with Crippen LogP contribution in [0.25, 0.3) is 6.08 Å². The third-order valence-electron chi connectivity index (χ3n) is 5.46. The molecule has 1 fully saturated rings. The van der Waals surface area contributed by atoms with Crippen LogP contribution in [0.3, 0.4) is 0 Å². The summed E-state index contributed by atoms with van der Waals surface area (Å²) in [4.78, 5) is 26.4. The second-order valence-corrected chi connectivity index (χ2v) is 9.81. The largest absolute Gasteiger partial charge is 0.489 e. The topological polar surface area (TPSA) is 65.1 Å². The number of hydrogen-bond donors (Lipinski definition) is 0. The molecule has 3 aromatic carbocycles. The molecule has 1 saturated heterocycles. The molecule has 37 heavy (non-hydrogen) atoms. The van der Waals surface area contributed by atoms with Crippen molar-refractivity contribution in [1.82, 2.24) is 4.90 Å². The maximum absolute atomic E-state index is 12.9. The van der Waals surface area contributed by atoms with Crippen LogP contribution < -0.4 is 9.47 Å². The maximum atomic E-state index is 12.9. The van der Waals surface area contributed by atoms with Crippen LogP contribution in [0.15, 0.2) is 83.8 Å². The number of benzene rings is 3. The number of rotatable bonds is 11. The number of nitrogens with zero attached hydrogens (tertiary/aromatic N) is 1. The Labute approximate surface area is 226 Å². The van der Waals surface area contributed by atoms with Gasteiger partial charge in [-0.25, -0.2) is 0 Å². The summed E-state index contributed by atoms with van der Waals surface area (Å²) in [6.07, 6.45) is 2.51. The molecule has 1 aliphatic heterocycles. The van der Waals surface area contributed by atoms with E-state index < -0.39 is 5.97 Å². The minimum absolute atomic E-state index is 0.199. The van der Waals surface area contributed by atoms with Gasteiger partial charge in [0, 0.05) is 6.42 Å². The third kappa shape index (κ3) is 7.44. The predicted octanol–water partition coefficient (Wildman–Crippen LogP) is 5.65. The van der Waals surface area contributed by atoms with E-state index in [0.717, 1.165) is 29.3 Å². The van der Waals surface area contributed by atoms with E-state index in [1.807, 2.05) is 66.7 Å². The Kier molecular flexibility index (Phi) is 9.35. The van der Waals surface area contributed by atoms with Crippen LogP contribution in [0.1, 0.15) is 23.6 Å². The van der Waals surface area contributed by atoms with Crippen molar-refractivity contribution in [2.75, 3.05) is 19.8 Å². The Morgan fingerprint density at radius 3 is 2.35 bits per heavy atom. The molecule has 8 heteroatoms. The summed E-state index contributed by atoms with van der Waals surface area (Å²) in [6.45, 7) is 2.64. The highest BCUT2D eigenvalue weighted by atomic mass is 32.2. The lowest BCUT2D eigenvalue weighted by Crippen LogP contribution is -2.34. The van der Waals surface area contributed by atoms with E-state index in [-0.39, 0.29) is 19.1 Å². The van der Waals surface area contributed by atoms with Gasteiger partial charge in [0.25, 0.3) is 5.91 Å². The van der Waals surface area contributed by atoms with Gasteiger partial charge in [-0.3, -0.25) is 14.5 Å². The Bertz CT molecular complexity index is 1280. The zero-order valence-corrected chi connectivity index (χ0v) is 22.1. The van der Waals surface area contributed by atoms with Crippen molar-refractivity contribution >= 4 is 46.3 Å². The molecule has 0 N–H and O–H groups in total. The summed E-state index contributed by atoms with van der Waals surface area (Å²) in [7, 11) is 0. The van der Waals surface area contributed by atoms with Gasteiger partial charge < -0.3 is 14.2 Å². The number of ether oxygens (including phenoxy) is 3. The second-order valence-electron chi connectivity index (χ2n) is 8.14. The van der Waals surface area contributed by atoms with E-state index >= 15 is 0 Å². The monoisotopic (exact) mass is 533 g/mol. The van der Waals surface area contributed by atoms with Crippen molar-refractivity contribution in [2.24, 2.45) is 0 Å². The number of carbonyl (C=O) groups is 2. The summed E-state index contributed by atoms with van der Waals surface area (Å²) >= 11 is 6.48. The van der Waals surface area contributed by atoms with Crippen LogP contribution in [0.4, 0.5) is 0 Å². The van der Waals surface area contributed by atoms with Gasteiger partial charge in [0.15, 0.2) is 11.5 Å². The van der Waals surface area contributed by atoms with Crippen molar-refractivity contribution in [3.8, 4) is 11.5 Å². The van der Waals surface area contributed by atoms with Gasteiger partial charge in [0.05, 0.1) is 18.1 Å². The summed E-state index contributed by atoms with van der Waals surface area (Å²) in [5.41, 5.74) is 2.98. The Morgan fingerprint density at radius 2 is 1.65 bits per heavy atom. The summed E-state index contributed by atoms with van der Waals surface area (Å²) in [6, 6.07) is 25.6. The highest BCUT2D eigenvalue weighted by molar-refractivity contribution is 8.26. The van der Waals surface area contributed by atoms with Crippen molar-refractivity contribution in [3.05, 3.63) is 100 Å². The molecule has 0 unspecified atom stereocenters. The lowest BCUT2D eigenvalue weighted by molar-refractivity contribution is -0.145. The number of esters is 1. The van der Waals surface area contributed by atoms with Crippen LogP contribution in [-0.4, -0.2) is 40.9 Å². The van der Waals surface area contributed by atoms with Gasteiger partial charge in [-0.15, -0.1) is 0 Å². The lowest BCUT2D eigenvalue weighted by atomic mass is 10.1. The molecule has 0 bridgehead atoms. The molecular formula is C29H27NO5S2. The first-order chi connectivity index (χ1) is 18.0. The molecule has 0 aromatic heterocycles. The van der Waals surface area contributed by atoms with Gasteiger partial charge in [-0.05, 0) is 41.8 Å². The fraction of sp³-hybridized carbons (Fsp3) is 0.207. The van der Waals surface area contributed by atoms with E-state index in [4.69, 9.17) is 26.4 Å². The zero-order chi connectivity index (χ0) is 26.0. The SMILES string of the molecule is CCOC(=O)CN1C(=O)C(=Cc2ccc(OCCc3ccccc3)c(OCc3ccccc3)c2)SC1=S. The third-order valence-corrected chi connectivity index (χ3v) is 6.84. The van der Waals surface area contributed by atoms with E-state index in [0.29, 0.717) is 33.9 Å². The highest BCUT2D eigenvalue weighted by Crippen LogP contribution is 2.35. The molecule has 0 radical (unpaired) electrons. The van der Waals surface area contributed by atoms with Crippen molar-refractivity contribution in [3.63, 3.8) is 0 Å². The maximum Gasteiger partial charge on any atom is 0.326 e. The molecule has 0 atom stereocenters. The fourth-order valence-electron chi connectivity index (χ4n) is 3.63. The number of thioether (sulfide) groups is 1. The van der Waals surface area contributed by atoms with Gasteiger partial charge in [0.2, 0.25) is 0 Å². The van der Waals surface area contributed by atoms with E-state index in [1.165, 1.54) is 10.5 Å². The van der Waals surface area contributed by atoms with E-state index in [9.17, 15) is 9.59 Å². The average Bonchev–Trinajstić information content (AvgIpc) is 3.17. The number of carbonyl (C=O) groups excluding carboxylic acids is 2. The van der Waals surface area contributed by atoms with E-state index in [1.54, 1.807) is 13.0 Å². The van der Waals surface area contributed by atoms with Crippen LogP contribution in [-0.2, 0) is 27.4 Å². The molecule has 0 aliphatic carbocycles. The summed E-state index contributed by atoms with van der Waals surface area (Å²) in [5.74, 6) is 0.387. The van der Waals surface area contributed by atoms with Crippen LogP contribution in [0, 0.1) is 0 Å². The Hall–Kier alpha value is -3.62. The Balaban J connectivity index is 1.51. The van der Waals surface area contributed by atoms with Crippen LogP contribution in [0.5, 0.6) is 11.5 Å². The predicted molar refractivity (Wildman–Crippen MR) is 149 cm³/mol. The Morgan fingerprint density at radius 1 is 0.946 bits per heavy atom. The molecule has 190 valence electrons. The first kappa shape index (κ1) is 26.4. The summed E-state index contributed by atoms with van der Waals surface area (Å²) in [5, 5.41) is 0. The normalized spacial score (nSPS) is 14.2. The van der Waals surface area contributed by atoms with Gasteiger partial charge in [0.1, 0.15) is 17.5 Å². The molecular weight excluding hydrogens is 506 g/mol. The smallest absolute Gasteiger partial charge is 0.326 e. The van der Waals surface area contributed by atoms with Crippen molar-refractivity contribution in [2.45, 2.75) is 20.0 Å². The minimum Gasteiger partial charge on any atom is -0.489 e. The fourth-order valence-corrected chi connectivity index (χ4v) is 4.88. The lowest BCUT2D eigenvalue weighted by Gasteiger charge is -2.14. The van der Waals surface area contributed by atoms with Crippen LogP contribution >= 0.6 is 24.0 Å². The summed E-state index contributed by atoms with van der Waals surface area (Å²) < 4.78 is 17.5. The molecule has 1 amide bonds. The second kappa shape index (κ2) is 13.1. The molecule has 1 aliphatic rings. The molecule has 3 aromatic rings. The molecule has 4 rings (SSSR count). The average molecular weight is 534 g/mol. The highest BCUT2D eigenvalue weighted by Gasteiger charge is 2.33. The van der Waals surface area contributed by atoms with E-state index in [2.05, 4.69) is 12.1 Å². The first-order valence-corrected chi connectivity index (χ1v) is 13.1. The van der Waals surface area contributed by atoms with Gasteiger partial charge >= 0.3 is 5.97 Å². The molecule has 6 nitrogen and oxygen atoms in total. The van der Waals surface area contributed by atoms with Gasteiger partial charge in [-0.1, -0.05) is 90.7 Å². The molecule has 0 spiro atoms. The van der Waals surface area contributed by atoms with Crippen molar-refractivity contribution < 1.29 is 23.8 Å². The van der Waals surface area contributed by atoms with Gasteiger partial charge in [-0.2, -0.15) is 0 Å². The number of amides is 1. The first-order valence-electron chi connectivity index (χ1n) is 11.9.